The molecule has 0 spiro atoms. The van der Waals surface area contributed by atoms with Crippen LogP contribution in [0.1, 0.15) is 44.6 Å². The Balaban J connectivity index is 2.25. The van der Waals surface area contributed by atoms with Crippen LogP contribution < -0.4 is 4.74 Å². The van der Waals surface area contributed by atoms with Crippen LogP contribution in [-0.2, 0) is 11.2 Å². The lowest BCUT2D eigenvalue weighted by atomic mass is 9.67. The Labute approximate surface area is 134 Å². The van der Waals surface area contributed by atoms with E-state index < -0.39 is 11.4 Å². The number of halogens is 1. The van der Waals surface area contributed by atoms with E-state index in [-0.39, 0.29) is 0 Å². The van der Waals surface area contributed by atoms with E-state index in [0.29, 0.717) is 12.3 Å². The smallest absolute Gasteiger partial charge is 0.309 e. The number of carbonyl (C=O) groups is 1. The standard InChI is InChI=1S/C17H23BrO3/c1-3-12-6-8-17(9-7-12,16(19)20)11-13-10-14(18)4-5-15(13)21-2/h4-5,10,12H,3,6-9,11H2,1-2H3,(H,19,20). The summed E-state index contributed by atoms with van der Waals surface area (Å²) in [5.74, 6) is 0.789. The number of aliphatic carboxylic acids is 1. The Bertz CT molecular complexity index is 505. The Hall–Kier alpha value is -1.03. The van der Waals surface area contributed by atoms with E-state index in [0.717, 1.165) is 47.9 Å². The van der Waals surface area contributed by atoms with Gasteiger partial charge >= 0.3 is 5.97 Å². The summed E-state index contributed by atoms with van der Waals surface area (Å²) in [6, 6.07) is 5.80. The van der Waals surface area contributed by atoms with Gasteiger partial charge in [0.05, 0.1) is 12.5 Å². The molecule has 1 aromatic rings. The fourth-order valence-corrected chi connectivity index (χ4v) is 3.76. The summed E-state index contributed by atoms with van der Waals surface area (Å²) in [7, 11) is 1.63. The first-order valence-corrected chi connectivity index (χ1v) is 8.36. The number of benzene rings is 1. The number of hydrogen-bond acceptors (Lipinski definition) is 2. The van der Waals surface area contributed by atoms with Crippen LogP contribution in [0.4, 0.5) is 0 Å². The molecule has 0 aliphatic heterocycles. The van der Waals surface area contributed by atoms with Crippen molar-refractivity contribution in [2.24, 2.45) is 11.3 Å². The molecule has 116 valence electrons. The normalized spacial score (nSPS) is 25.6. The van der Waals surface area contributed by atoms with E-state index in [1.165, 1.54) is 0 Å². The quantitative estimate of drug-likeness (QED) is 0.835. The molecule has 1 aromatic carbocycles. The second-order valence-electron chi connectivity index (χ2n) is 6.07. The van der Waals surface area contributed by atoms with Crippen LogP contribution in [0.2, 0.25) is 0 Å². The Morgan fingerprint density at radius 1 is 1.43 bits per heavy atom. The summed E-state index contributed by atoms with van der Waals surface area (Å²) < 4.78 is 6.35. The van der Waals surface area contributed by atoms with Gasteiger partial charge in [0.2, 0.25) is 0 Å². The minimum atomic E-state index is -0.668. The average molecular weight is 355 g/mol. The van der Waals surface area contributed by atoms with Crippen molar-refractivity contribution in [3.8, 4) is 5.75 Å². The molecule has 3 nitrogen and oxygen atoms in total. The first-order valence-electron chi connectivity index (χ1n) is 7.56. The summed E-state index contributed by atoms with van der Waals surface area (Å²) in [6.45, 7) is 2.19. The molecule has 0 radical (unpaired) electrons. The van der Waals surface area contributed by atoms with Gasteiger partial charge in [0.25, 0.3) is 0 Å². The van der Waals surface area contributed by atoms with Crippen LogP contribution >= 0.6 is 15.9 Å². The number of hydrogen-bond donors (Lipinski definition) is 1. The monoisotopic (exact) mass is 354 g/mol. The second-order valence-corrected chi connectivity index (χ2v) is 6.99. The highest BCUT2D eigenvalue weighted by Gasteiger charge is 2.42. The van der Waals surface area contributed by atoms with E-state index in [9.17, 15) is 9.90 Å². The van der Waals surface area contributed by atoms with E-state index in [1.54, 1.807) is 7.11 Å². The van der Waals surface area contributed by atoms with E-state index >= 15 is 0 Å². The largest absolute Gasteiger partial charge is 0.496 e. The van der Waals surface area contributed by atoms with Gasteiger partial charge in [-0.15, -0.1) is 0 Å². The van der Waals surface area contributed by atoms with Gasteiger partial charge in [0, 0.05) is 4.47 Å². The van der Waals surface area contributed by atoms with Crippen molar-refractivity contribution < 1.29 is 14.6 Å². The zero-order valence-electron chi connectivity index (χ0n) is 12.7. The van der Waals surface area contributed by atoms with Gasteiger partial charge in [-0.05, 0) is 61.8 Å². The number of carboxylic acid groups (broad SMARTS) is 1. The summed E-state index contributed by atoms with van der Waals surface area (Å²) in [5.41, 5.74) is 0.337. The topological polar surface area (TPSA) is 46.5 Å². The fourth-order valence-electron chi connectivity index (χ4n) is 3.35. The highest BCUT2D eigenvalue weighted by atomic mass is 79.9. The van der Waals surface area contributed by atoms with Crippen LogP contribution in [-0.4, -0.2) is 18.2 Å². The summed E-state index contributed by atoms with van der Waals surface area (Å²) >= 11 is 3.46. The molecule has 0 atom stereocenters. The van der Waals surface area contributed by atoms with Crippen molar-refractivity contribution in [3.05, 3.63) is 28.2 Å². The Kier molecular flexibility index (Phi) is 5.31. The highest BCUT2D eigenvalue weighted by Crippen LogP contribution is 2.44. The Morgan fingerprint density at radius 3 is 2.62 bits per heavy atom. The van der Waals surface area contributed by atoms with Gasteiger partial charge < -0.3 is 9.84 Å². The number of rotatable bonds is 5. The van der Waals surface area contributed by atoms with Gasteiger partial charge in [-0.25, -0.2) is 0 Å². The van der Waals surface area contributed by atoms with Gasteiger partial charge in [-0.3, -0.25) is 4.79 Å². The number of ether oxygens (including phenoxy) is 1. The molecular weight excluding hydrogens is 332 g/mol. The summed E-state index contributed by atoms with van der Waals surface area (Å²) in [4.78, 5) is 11.9. The predicted molar refractivity (Wildman–Crippen MR) is 86.7 cm³/mol. The zero-order valence-corrected chi connectivity index (χ0v) is 14.3. The molecule has 4 heteroatoms. The first-order chi connectivity index (χ1) is 10.0. The molecule has 1 saturated carbocycles. The van der Waals surface area contributed by atoms with Crippen molar-refractivity contribution in [1.29, 1.82) is 0 Å². The molecule has 0 heterocycles. The molecule has 21 heavy (non-hydrogen) atoms. The van der Waals surface area contributed by atoms with Gasteiger partial charge in [-0.2, -0.15) is 0 Å². The lowest BCUT2D eigenvalue weighted by Crippen LogP contribution is -2.37. The van der Waals surface area contributed by atoms with Crippen LogP contribution in [0.15, 0.2) is 22.7 Å². The molecule has 1 aliphatic rings. The molecule has 1 N–H and O–H groups in total. The van der Waals surface area contributed by atoms with Crippen molar-refractivity contribution in [1.82, 2.24) is 0 Å². The minimum Gasteiger partial charge on any atom is -0.496 e. The maximum atomic E-state index is 11.9. The molecule has 0 amide bonds. The van der Waals surface area contributed by atoms with E-state index in [1.807, 2.05) is 18.2 Å². The fraction of sp³-hybridized carbons (Fsp3) is 0.588. The predicted octanol–water partition coefficient (Wildman–Crippen LogP) is 4.67. The molecular formula is C17H23BrO3. The second kappa shape index (κ2) is 6.82. The van der Waals surface area contributed by atoms with Crippen molar-refractivity contribution >= 4 is 21.9 Å². The van der Waals surface area contributed by atoms with Gasteiger partial charge in [-0.1, -0.05) is 29.3 Å². The van der Waals surface area contributed by atoms with Crippen LogP contribution in [0.25, 0.3) is 0 Å². The first kappa shape index (κ1) is 16.3. The lowest BCUT2D eigenvalue weighted by molar-refractivity contribution is -0.151. The summed E-state index contributed by atoms with van der Waals surface area (Å²) in [6.07, 6.45) is 5.24. The number of methoxy groups -OCH3 is 1. The molecule has 1 aliphatic carbocycles. The SMILES string of the molecule is CCC1CCC(Cc2cc(Br)ccc2OC)(C(=O)O)CC1. The lowest BCUT2D eigenvalue weighted by Gasteiger charge is -2.37. The van der Waals surface area contributed by atoms with Crippen LogP contribution in [0.3, 0.4) is 0 Å². The van der Waals surface area contributed by atoms with Crippen molar-refractivity contribution in [2.45, 2.75) is 45.4 Å². The average Bonchev–Trinajstić information content (AvgIpc) is 2.48. The molecule has 1 fully saturated rings. The van der Waals surface area contributed by atoms with E-state index in [4.69, 9.17) is 4.74 Å². The third-order valence-electron chi connectivity index (χ3n) is 4.86. The van der Waals surface area contributed by atoms with Crippen LogP contribution in [0.5, 0.6) is 5.75 Å². The molecule has 2 rings (SSSR count). The summed E-state index contributed by atoms with van der Waals surface area (Å²) in [5, 5.41) is 9.79. The zero-order chi connectivity index (χ0) is 15.5. The minimum absolute atomic E-state index is 0.543. The molecule has 0 unspecified atom stereocenters. The maximum absolute atomic E-state index is 11.9. The molecule has 0 bridgehead atoms. The third kappa shape index (κ3) is 3.60. The van der Waals surface area contributed by atoms with Crippen molar-refractivity contribution in [2.75, 3.05) is 7.11 Å². The molecule has 0 saturated heterocycles. The highest BCUT2D eigenvalue weighted by molar-refractivity contribution is 9.10. The number of carboxylic acids is 1. The van der Waals surface area contributed by atoms with Crippen molar-refractivity contribution in [3.63, 3.8) is 0 Å². The molecule has 0 aromatic heterocycles. The van der Waals surface area contributed by atoms with Crippen LogP contribution in [0, 0.1) is 11.3 Å². The van der Waals surface area contributed by atoms with E-state index in [2.05, 4.69) is 22.9 Å². The third-order valence-corrected chi connectivity index (χ3v) is 5.36. The maximum Gasteiger partial charge on any atom is 0.309 e. The Morgan fingerprint density at radius 2 is 2.10 bits per heavy atom. The van der Waals surface area contributed by atoms with Gasteiger partial charge in [0.15, 0.2) is 0 Å². The van der Waals surface area contributed by atoms with Gasteiger partial charge in [0.1, 0.15) is 5.75 Å².